The first-order chi connectivity index (χ1) is 11.8. The van der Waals surface area contributed by atoms with E-state index in [0.29, 0.717) is 35.6 Å². The number of ether oxygens (including phenoxy) is 3. The van der Waals surface area contributed by atoms with E-state index in [-0.39, 0.29) is 0 Å². The van der Waals surface area contributed by atoms with Crippen LogP contribution in [0.3, 0.4) is 0 Å². The van der Waals surface area contributed by atoms with E-state index in [9.17, 15) is 0 Å². The first-order valence-corrected chi connectivity index (χ1v) is 7.55. The van der Waals surface area contributed by atoms with Crippen molar-refractivity contribution >= 4 is 0 Å². The van der Waals surface area contributed by atoms with Crippen LogP contribution in [0.15, 0.2) is 47.0 Å². The topological polar surface area (TPSA) is 66.6 Å². The second-order valence-electron chi connectivity index (χ2n) is 4.92. The Hall–Kier alpha value is -3.02. The fourth-order valence-electron chi connectivity index (χ4n) is 2.35. The molecule has 0 aliphatic heterocycles. The molecule has 0 unspecified atom stereocenters. The van der Waals surface area contributed by atoms with Crippen LogP contribution in [0.2, 0.25) is 0 Å². The third kappa shape index (κ3) is 3.03. The van der Waals surface area contributed by atoms with Gasteiger partial charge < -0.3 is 18.7 Å². The maximum absolute atomic E-state index is 5.61. The molecule has 0 amide bonds. The zero-order chi connectivity index (χ0) is 16.9. The first kappa shape index (κ1) is 15.9. The molecule has 6 heteroatoms. The minimum absolute atomic E-state index is 0.406. The lowest BCUT2D eigenvalue weighted by Gasteiger charge is -2.07. The van der Waals surface area contributed by atoms with E-state index in [2.05, 4.69) is 10.1 Å². The summed E-state index contributed by atoms with van der Waals surface area (Å²) >= 11 is 0. The van der Waals surface area contributed by atoms with Crippen LogP contribution in [0.1, 0.15) is 6.92 Å². The third-order valence-corrected chi connectivity index (χ3v) is 3.49. The van der Waals surface area contributed by atoms with E-state index in [1.807, 2.05) is 43.3 Å². The Bertz CT molecular complexity index is 829. The van der Waals surface area contributed by atoms with E-state index in [0.717, 1.165) is 11.1 Å². The molecule has 3 rings (SSSR count). The van der Waals surface area contributed by atoms with Gasteiger partial charge in [-0.15, -0.1) is 0 Å². The number of nitrogens with zero attached hydrogens (tertiary/aromatic N) is 2. The minimum atomic E-state index is 0.406. The average Bonchev–Trinajstić information content (AvgIpc) is 3.12. The van der Waals surface area contributed by atoms with Crippen molar-refractivity contribution in [2.24, 2.45) is 0 Å². The molecule has 1 heterocycles. The van der Waals surface area contributed by atoms with Crippen molar-refractivity contribution in [2.45, 2.75) is 6.92 Å². The Kier molecular flexibility index (Phi) is 4.65. The number of hydrogen-bond donors (Lipinski definition) is 0. The molecular formula is C18H18N2O4. The van der Waals surface area contributed by atoms with Gasteiger partial charge in [0.25, 0.3) is 5.89 Å². The van der Waals surface area contributed by atoms with Gasteiger partial charge in [-0.1, -0.05) is 17.3 Å². The molecule has 0 N–H and O–H groups in total. The molecule has 0 aliphatic carbocycles. The van der Waals surface area contributed by atoms with Crippen molar-refractivity contribution in [1.82, 2.24) is 10.1 Å². The second kappa shape index (κ2) is 7.04. The normalized spacial score (nSPS) is 10.5. The van der Waals surface area contributed by atoms with Gasteiger partial charge in [0, 0.05) is 5.56 Å². The van der Waals surface area contributed by atoms with Gasteiger partial charge in [0.15, 0.2) is 11.5 Å². The average molecular weight is 326 g/mol. The summed E-state index contributed by atoms with van der Waals surface area (Å²) in [5, 5.41) is 4.06. The Morgan fingerprint density at radius 3 is 2.50 bits per heavy atom. The van der Waals surface area contributed by atoms with Crippen molar-refractivity contribution in [3.8, 4) is 40.1 Å². The van der Waals surface area contributed by atoms with E-state index in [1.54, 1.807) is 20.3 Å². The zero-order valence-corrected chi connectivity index (χ0v) is 13.8. The number of methoxy groups -OCH3 is 2. The van der Waals surface area contributed by atoms with Crippen LogP contribution in [0.25, 0.3) is 22.8 Å². The highest BCUT2D eigenvalue weighted by Crippen LogP contribution is 2.33. The summed E-state index contributed by atoms with van der Waals surface area (Å²) in [4.78, 5) is 4.47. The van der Waals surface area contributed by atoms with Crippen LogP contribution in [0, 0.1) is 0 Å². The maximum Gasteiger partial charge on any atom is 0.262 e. The lowest BCUT2D eigenvalue weighted by Crippen LogP contribution is -1.94. The second-order valence-corrected chi connectivity index (χ2v) is 4.92. The molecule has 2 aromatic carbocycles. The zero-order valence-electron chi connectivity index (χ0n) is 13.8. The molecule has 1 aromatic heterocycles. The highest BCUT2D eigenvalue weighted by Gasteiger charge is 2.16. The largest absolute Gasteiger partial charge is 0.493 e. The lowest BCUT2D eigenvalue weighted by atomic mass is 10.2. The number of benzene rings is 2. The van der Waals surface area contributed by atoms with E-state index in [1.165, 1.54) is 0 Å². The Morgan fingerprint density at radius 2 is 1.75 bits per heavy atom. The summed E-state index contributed by atoms with van der Waals surface area (Å²) in [6.45, 7) is 2.49. The van der Waals surface area contributed by atoms with Gasteiger partial charge in [-0.05, 0) is 37.3 Å². The summed E-state index contributed by atoms with van der Waals surface area (Å²) in [5.74, 6) is 2.84. The molecule has 0 fully saturated rings. The fourth-order valence-corrected chi connectivity index (χ4v) is 2.35. The number of para-hydroxylation sites is 1. The van der Waals surface area contributed by atoms with Crippen LogP contribution in [0.5, 0.6) is 17.2 Å². The van der Waals surface area contributed by atoms with Gasteiger partial charge >= 0.3 is 0 Å². The molecule has 0 spiro atoms. The molecule has 124 valence electrons. The van der Waals surface area contributed by atoms with Gasteiger partial charge in [-0.25, -0.2) is 0 Å². The molecule has 0 bridgehead atoms. The van der Waals surface area contributed by atoms with Crippen LogP contribution < -0.4 is 14.2 Å². The molecule has 0 atom stereocenters. The number of rotatable bonds is 6. The molecule has 0 aliphatic rings. The summed E-state index contributed by atoms with van der Waals surface area (Å²) in [7, 11) is 3.18. The predicted molar refractivity (Wildman–Crippen MR) is 89.4 cm³/mol. The minimum Gasteiger partial charge on any atom is -0.493 e. The van der Waals surface area contributed by atoms with Gasteiger partial charge in [0.1, 0.15) is 5.75 Å². The van der Waals surface area contributed by atoms with E-state index in [4.69, 9.17) is 18.7 Å². The van der Waals surface area contributed by atoms with Crippen molar-refractivity contribution < 1.29 is 18.7 Å². The van der Waals surface area contributed by atoms with E-state index < -0.39 is 0 Å². The molecule has 6 nitrogen and oxygen atoms in total. The van der Waals surface area contributed by atoms with Crippen LogP contribution >= 0.6 is 0 Å². The first-order valence-electron chi connectivity index (χ1n) is 7.55. The van der Waals surface area contributed by atoms with Gasteiger partial charge in [-0.3, -0.25) is 0 Å². The molecule has 0 radical (unpaired) electrons. The Balaban J connectivity index is 1.97. The van der Waals surface area contributed by atoms with Crippen LogP contribution in [-0.2, 0) is 0 Å². The Labute approximate surface area is 140 Å². The van der Waals surface area contributed by atoms with Crippen LogP contribution in [0.4, 0.5) is 0 Å². The van der Waals surface area contributed by atoms with E-state index >= 15 is 0 Å². The number of hydrogen-bond acceptors (Lipinski definition) is 6. The molecule has 0 saturated carbocycles. The third-order valence-electron chi connectivity index (χ3n) is 3.49. The molecule has 3 aromatic rings. The summed E-state index contributed by atoms with van der Waals surface area (Å²) < 4.78 is 21.6. The molecular weight excluding hydrogens is 308 g/mol. The van der Waals surface area contributed by atoms with Crippen LogP contribution in [-0.4, -0.2) is 31.0 Å². The quantitative estimate of drug-likeness (QED) is 0.686. The SMILES string of the molecule is CCOc1ccccc1-c1nc(-c2ccc(OC)c(OC)c2)no1. The molecule has 24 heavy (non-hydrogen) atoms. The fraction of sp³-hybridized carbons (Fsp3) is 0.222. The maximum atomic E-state index is 5.61. The summed E-state index contributed by atoms with van der Waals surface area (Å²) in [6, 6.07) is 13.0. The van der Waals surface area contributed by atoms with Gasteiger partial charge in [0.2, 0.25) is 5.82 Å². The monoisotopic (exact) mass is 326 g/mol. The van der Waals surface area contributed by atoms with Gasteiger partial charge in [-0.2, -0.15) is 4.98 Å². The van der Waals surface area contributed by atoms with Crippen molar-refractivity contribution in [1.29, 1.82) is 0 Å². The van der Waals surface area contributed by atoms with Gasteiger partial charge in [0.05, 0.1) is 26.4 Å². The highest BCUT2D eigenvalue weighted by molar-refractivity contribution is 5.66. The van der Waals surface area contributed by atoms with Crippen molar-refractivity contribution in [3.63, 3.8) is 0 Å². The smallest absolute Gasteiger partial charge is 0.262 e. The number of aromatic nitrogens is 2. The van der Waals surface area contributed by atoms with Crippen molar-refractivity contribution in [2.75, 3.05) is 20.8 Å². The lowest BCUT2D eigenvalue weighted by molar-refractivity contribution is 0.339. The molecule has 0 saturated heterocycles. The summed E-state index contributed by atoms with van der Waals surface area (Å²) in [5.41, 5.74) is 1.54. The van der Waals surface area contributed by atoms with Crippen molar-refractivity contribution in [3.05, 3.63) is 42.5 Å². The Morgan fingerprint density at radius 1 is 0.958 bits per heavy atom. The predicted octanol–water partition coefficient (Wildman–Crippen LogP) is 3.82. The highest BCUT2D eigenvalue weighted by atomic mass is 16.5. The summed E-state index contributed by atoms with van der Waals surface area (Å²) in [6.07, 6.45) is 0. The standard InChI is InChI=1S/C18H18N2O4/c1-4-23-14-8-6-5-7-13(14)18-19-17(20-24-18)12-9-10-15(21-2)16(11-12)22-3/h5-11H,4H2,1-3H3.